The van der Waals surface area contributed by atoms with E-state index in [1.54, 1.807) is 0 Å². The molecule has 0 aromatic carbocycles. The van der Waals surface area contributed by atoms with Gasteiger partial charge in [-0.2, -0.15) is 0 Å². The Kier molecular flexibility index (Phi) is 8.54. The van der Waals surface area contributed by atoms with Crippen LogP contribution in [0.3, 0.4) is 0 Å². The number of nitrogens with one attached hydrogen (secondary N) is 1. The molecule has 1 fully saturated rings. The number of esters is 1. The predicted octanol–water partition coefficient (Wildman–Crippen LogP) is 2.35. The van der Waals surface area contributed by atoms with Crippen LogP contribution in [-0.4, -0.2) is 50.2 Å². The molecule has 116 valence electrons. The first-order valence-corrected chi connectivity index (χ1v) is 7.91. The summed E-state index contributed by atoms with van der Waals surface area (Å²) in [6, 6.07) is 0.745. The van der Waals surface area contributed by atoms with Crippen molar-refractivity contribution in [1.29, 1.82) is 0 Å². The molecule has 0 aromatic rings. The van der Waals surface area contributed by atoms with Crippen LogP contribution >= 0.6 is 0 Å². The third kappa shape index (κ3) is 6.06. The number of hydrogen-bond donors (Lipinski definition) is 1. The Morgan fingerprint density at radius 2 is 2.25 bits per heavy atom. The van der Waals surface area contributed by atoms with Crippen LogP contribution in [0.4, 0.5) is 0 Å². The van der Waals surface area contributed by atoms with Gasteiger partial charge in [-0.05, 0) is 52.2 Å². The number of likely N-dealkylation sites (tertiary alicyclic amines) is 1. The Hall–Kier alpha value is -0.870. The van der Waals surface area contributed by atoms with Gasteiger partial charge in [-0.1, -0.05) is 19.4 Å². The van der Waals surface area contributed by atoms with Gasteiger partial charge in [0.2, 0.25) is 0 Å². The van der Waals surface area contributed by atoms with E-state index in [-0.39, 0.29) is 5.97 Å². The van der Waals surface area contributed by atoms with Crippen molar-refractivity contribution in [3.63, 3.8) is 0 Å². The van der Waals surface area contributed by atoms with Crippen LogP contribution in [0.5, 0.6) is 0 Å². The molecule has 0 radical (unpaired) electrons. The van der Waals surface area contributed by atoms with E-state index in [1.165, 1.54) is 39.5 Å². The van der Waals surface area contributed by atoms with Gasteiger partial charge in [0.1, 0.15) is 0 Å². The zero-order valence-electron chi connectivity index (χ0n) is 13.3. The number of carbonyl (C=O) groups excluding carboxylic acids is 1. The number of rotatable bonds is 8. The number of hydrogen-bond acceptors (Lipinski definition) is 4. The van der Waals surface area contributed by atoms with Gasteiger partial charge in [0.15, 0.2) is 0 Å². The summed E-state index contributed by atoms with van der Waals surface area (Å²) >= 11 is 0. The van der Waals surface area contributed by atoms with Crippen LogP contribution in [0.2, 0.25) is 0 Å². The average molecular weight is 282 g/mol. The Balaban J connectivity index is 2.12. The fourth-order valence-electron chi connectivity index (χ4n) is 2.70. The first-order valence-electron chi connectivity index (χ1n) is 7.91. The summed E-state index contributed by atoms with van der Waals surface area (Å²) in [6.45, 7) is 8.48. The lowest BCUT2D eigenvalue weighted by Crippen LogP contribution is -2.38. The molecule has 0 aromatic heterocycles. The Bertz CT molecular complexity index is 316. The van der Waals surface area contributed by atoms with Crippen molar-refractivity contribution in [2.24, 2.45) is 0 Å². The molecule has 0 amide bonds. The molecule has 0 spiro atoms. The van der Waals surface area contributed by atoms with Crippen molar-refractivity contribution in [2.45, 2.75) is 52.0 Å². The smallest absolute Gasteiger partial charge is 0.333 e. The van der Waals surface area contributed by atoms with E-state index >= 15 is 0 Å². The molecule has 4 nitrogen and oxygen atoms in total. The van der Waals surface area contributed by atoms with Gasteiger partial charge in [0.05, 0.1) is 7.11 Å². The van der Waals surface area contributed by atoms with Crippen LogP contribution < -0.4 is 5.32 Å². The number of nitrogens with zero attached hydrogens (tertiary/aromatic N) is 1. The zero-order chi connectivity index (χ0) is 14.8. The first kappa shape index (κ1) is 17.2. The summed E-state index contributed by atoms with van der Waals surface area (Å²) in [6.07, 6.45) is 7.90. The van der Waals surface area contributed by atoms with Crippen molar-refractivity contribution in [3.8, 4) is 0 Å². The summed E-state index contributed by atoms with van der Waals surface area (Å²) in [5, 5.41) is 3.37. The standard InChI is InChI=1S/C16H30N2O2/c1-4-15(16(19)20-3)9-11-17-10-7-13-18-12-6-5-8-14(18)2/h9,14,17H,4-8,10-13H2,1-3H3. The lowest BCUT2D eigenvalue weighted by molar-refractivity contribution is -0.136. The Labute approximate surface area is 123 Å². The third-order valence-corrected chi connectivity index (χ3v) is 4.06. The van der Waals surface area contributed by atoms with Crippen LogP contribution in [0.25, 0.3) is 0 Å². The molecule has 1 atom stereocenters. The van der Waals surface area contributed by atoms with Gasteiger partial charge in [0, 0.05) is 18.2 Å². The van der Waals surface area contributed by atoms with E-state index in [2.05, 4.69) is 17.1 Å². The van der Waals surface area contributed by atoms with Crippen molar-refractivity contribution in [2.75, 3.05) is 33.3 Å². The highest BCUT2D eigenvalue weighted by molar-refractivity contribution is 5.88. The molecule has 0 saturated carbocycles. The lowest BCUT2D eigenvalue weighted by Gasteiger charge is -2.33. The maximum absolute atomic E-state index is 11.4. The minimum atomic E-state index is -0.212. The molecule has 1 aliphatic heterocycles. The highest BCUT2D eigenvalue weighted by atomic mass is 16.5. The van der Waals surface area contributed by atoms with Crippen molar-refractivity contribution in [3.05, 3.63) is 11.6 Å². The average Bonchev–Trinajstić information content (AvgIpc) is 2.47. The minimum Gasteiger partial charge on any atom is -0.466 e. The normalized spacial score (nSPS) is 20.9. The van der Waals surface area contributed by atoms with Crippen molar-refractivity contribution >= 4 is 5.97 Å². The van der Waals surface area contributed by atoms with Crippen LogP contribution in [-0.2, 0) is 9.53 Å². The van der Waals surface area contributed by atoms with E-state index in [9.17, 15) is 4.79 Å². The maximum Gasteiger partial charge on any atom is 0.333 e. The Morgan fingerprint density at radius 1 is 1.45 bits per heavy atom. The van der Waals surface area contributed by atoms with Crippen molar-refractivity contribution in [1.82, 2.24) is 10.2 Å². The van der Waals surface area contributed by atoms with Crippen LogP contribution in [0, 0.1) is 0 Å². The number of carbonyl (C=O) groups is 1. The fraction of sp³-hybridized carbons (Fsp3) is 0.812. The molecule has 1 N–H and O–H groups in total. The van der Waals surface area contributed by atoms with Gasteiger partial charge < -0.3 is 15.0 Å². The largest absolute Gasteiger partial charge is 0.466 e. The fourth-order valence-corrected chi connectivity index (χ4v) is 2.70. The lowest BCUT2D eigenvalue weighted by atomic mass is 10.0. The van der Waals surface area contributed by atoms with E-state index in [0.717, 1.165) is 37.5 Å². The molecule has 20 heavy (non-hydrogen) atoms. The zero-order valence-corrected chi connectivity index (χ0v) is 13.3. The molecule has 4 heteroatoms. The van der Waals surface area contributed by atoms with Gasteiger partial charge in [-0.15, -0.1) is 0 Å². The number of piperidine rings is 1. The van der Waals surface area contributed by atoms with Gasteiger partial charge in [0.25, 0.3) is 0 Å². The van der Waals surface area contributed by atoms with Gasteiger partial charge in [-0.3, -0.25) is 0 Å². The summed E-state index contributed by atoms with van der Waals surface area (Å²) < 4.78 is 4.73. The quantitative estimate of drug-likeness (QED) is 0.421. The summed E-state index contributed by atoms with van der Waals surface area (Å²) in [4.78, 5) is 14.0. The molecule has 1 saturated heterocycles. The molecule has 0 aliphatic carbocycles. The van der Waals surface area contributed by atoms with Crippen LogP contribution in [0.15, 0.2) is 11.6 Å². The van der Waals surface area contributed by atoms with E-state index in [0.29, 0.717) is 0 Å². The first-order chi connectivity index (χ1) is 9.69. The molecule has 1 heterocycles. The molecular weight excluding hydrogens is 252 g/mol. The summed E-state index contributed by atoms with van der Waals surface area (Å²) in [5.41, 5.74) is 0.754. The molecule has 1 rings (SSSR count). The second-order valence-electron chi connectivity index (χ2n) is 5.51. The topological polar surface area (TPSA) is 41.6 Å². The minimum absolute atomic E-state index is 0.212. The summed E-state index contributed by atoms with van der Waals surface area (Å²) in [5.74, 6) is -0.212. The highest BCUT2D eigenvalue weighted by Crippen LogP contribution is 2.15. The third-order valence-electron chi connectivity index (χ3n) is 4.06. The number of ether oxygens (including phenoxy) is 1. The molecule has 0 bridgehead atoms. The van der Waals surface area contributed by atoms with E-state index < -0.39 is 0 Å². The van der Waals surface area contributed by atoms with E-state index in [1.807, 2.05) is 13.0 Å². The Morgan fingerprint density at radius 3 is 2.90 bits per heavy atom. The molecule has 1 aliphatic rings. The van der Waals surface area contributed by atoms with Gasteiger partial charge in [-0.25, -0.2) is 4.79 Å². The number of methoxy groups -OCH3 is 1. The van der Waals surface area contributed by atoms with Crippen molar-refractivity contribution < 1.29 is 9.53 Å². The van der Waals surface area contributed by atoms with E-state index in [4.69, 9.17) is 4.74 Å². The second-order valence-corrected chi connectivity index (χ2v) is 5.51. The summed E-state index contributed by atoms with van der Waals surface area (Å²) in [7, 11) is 1.43. The molecular formula is C16H30N2O2. The van der Waals surface area contributed by atoms with Gasteiger partial charge >= 0.3 is 5.97 Å². The second kappa shape index (κ2) is 9.94. The SMILES string of the molecule is CCC(=CCNCCCN1CCCCC1C)C(=O)OC. The maximum atomic E-state index is 11.4. The monoisotopic (exact) mass is 282 g/mol. The predicted molar refractivity (Wildman–Crippen MR) is 82.8 cm³/mol. The highest BCUT2D eigenvalue weighted by Gasteiger charge is 2.16. The van der Waals surface area contributed by atoms with Crippen LogP contribution in [0.1, 0.15) is 46.0 Å². The molecule has 1 unspecified atom stereocenters.